The first-order chi connectivity index (χ1) is 6.65. The quantitative estimate of drug-likeness (QED) is 0.506. The molecule has 0 aliphatic heterocycles. The minimum Gasteiger partial charge on any atom is -0.379 e. The van der Waals surface area contributed by atoms with Crippen LogP contribution in [-0.4, -0.2) is 31.3 Å². The molecule has 0 amide bonds. The second-order valence-electron chi connectivity index (χ2n) is 4.12. The van der Waals surface area contributed by atoms with E-state index in [1.165, 1.54) is 0 Å². The van der Waals surface area contributed by atoms with Crippen LogP contribution in [0.15, 0.2) is 0 Å². The largest absolute Gasteiger partial charge is 0.379 e. The van der Waals surface area contributed by atoms with Crippen molar-refractivity contribution in [1.82, 2.24) is 0 Å². The van der Waals surface area contributed by atoms with E-state index in [1.807, 2.05) is 6.92 Å². The predicted molar refractivity (Wildman–Crippen MR) is 58.9 cm³/mol. The van der Waals surface area contributed by atoms with Crippen molar-refractivity contribution in [3.63, 3.8) is 0 Å². The van der Waals surface area contributed by atoms with Gasteiger partial charge < -0.3 is 9.47 Å². The summed E-state index contributed by atoms with van der Waals surface area (Å²) in [6, 6.07) is 0. The highest BCUT2D eigenvalue weighted by Gasteiger charge is 2.50. The summed E-state index contributed by atoms with van der Waals surface area (Å²) in [4.78, 5) is 0. The van der Waals surface area contributed by atoms with Crippen LogP contribution >= 0.6 is 11.6 Å². The van der Waals surface area contributed by atoms with Crippen LogP contribution in [0.2, 0.25) is 0 Å². The van der Waals surface area contributed by atoms with Gasteiger partial charge in [-0.2, -0.15) is 0 Å². The minimum absolute atomic E-state index is 0.174. The van der Waals surface area contributed by atoms with Crippen molar-refractivity contribution in [1.29, 1.82) is 0 Å². The van der Waals surface area contributed by atoms with Gasteiger partial charge in [0.05, 0.1) is 19.3 Å². The molecule has 0 saturated heterocycles. The van der Waals surface area contributed by atoms with Gasteiger partial charge in [0.25, 0.3) is 0 Å². The highest BCUT2D eigenvalue weighted by molar-refractivity contribution is 6.21. The summed E-state index contributed by atoms with van der Waals surface area (Å²) in [6.07, 6.45) is 2.40. The van der Waals surface area contributed by atoms with Crippen LogP contribution in [0, 0.1) is 5.41 Å². The van der Waals surface area contributed by atoms with Crippen molar-refractivity contribution in [2.24, 2.45) is 5.41 Å². The Morgan fingerprint density at radius 2 is 2.07 bits per heavy atom. The number of hydrogen-bond donors (Lipinski definition) is 0. The molecular formula is C11H21ClO2. The molecule has 0 spiro atoms. The summed E-state index contributed by atoms with van der Waals surface area (Å²) in [7, 11) is 0. The maximum absolute atomic E-state index is 6.18. The van der Waals surface area contributed by atoms with Crippen LogP contribution in [0.3, 0.4) is 0 Å². The summed E-state index contributed by atoms with van der Waals surface area (Å²) < 4.78 is 11.0. The smallest absolute Gasteiger partial charge is 0.0704 e. The van der Waals surface area contributed by atoms with Gasteiger partial charge in [-0.25, -0.2) is 0 Å². The average Bonchev–Trinajstić information content (AvgIpc) is 2.21. The van der Waals surface area contributed by atoms with Gasteiger partial charge in [0.1, 0.15) is 0 Å². The van der Waals surface area contributed by atoms with Crippen LogP contribution in [0.1, 0.15) is 33.6 Å². The Labute approximate surface area is 91.9 Å². The van der Waals surface area contributed by atoms with Crippen LogP contribution in [0.5, 0.6) is 0 Å². The molecule has 3 heteroatoms. The summed E-state index contributed by atoms with van der Waals surface area (Å²) in [5, 5.41) is 0.282. The topological polar surface area (TPSA) is 18.5 Å². The molecule has 1 saturated carbocycles. The molecule has 0 aromatic heterocycles. The summed E-state index contributed by atoms with van der Waals surface area (Å²) in [5.74, 6) is 0. The molecule has 0 radical (unpaired) electrons. The lowest BCUT2D eigenvalue weighted by molar-refractivity contribution is -0.111. The van der Waals surface area contributed by atoms with Gasteiger partial charge in [0.2, 0.25) is 0 Å². The van der Waals surface area contributed by atoms with E-state index in [1.54, 1.807) is 0 Å². The fourth-order valence-electron chi connectivity index (χ4n) is 1.87. The molecule has 0 heterocycles. The number of halogens is 1. The third-order valence-corrected chi connectivity index (χ3v) is 4.06. The first-order valence-electron chi connectivity index (χ1n) is 5.48. The van der Waals surface area contributed by atoms with Crippen molar-refractivity contribution in [3.05, 3.63) is 0 Å². The fourth-order valence-corrected chi connectivity index (χ4v) is 2.33. The van der Waals surface area contributed by atoms with Crippen molar-refractivity contribution >= 4 is 11.6 Å². The van der Waals surface area contributed by atoms with E-state index in [0.717, 1.165) is 19.4 Å². The fraction of sp³-hybridized carbons (Fsp3) is 1.00. The molecule has 0 aromatic carbocycles. The van der Waals surface area contributed by atoms with Gasteiger partial charge in [-0.05, 0) is 19.8 Å². The molecule has 1 rings (SSSR count). The monoisotopic (exact) mass is 220 g/mol. The Morgan fingerprint density at radius 1 is 1.36 bits per heavy atom. The van der Waals surface area contributed by atoms with Crippen molar-refractivity contribution in [3.8, 4) is 0 Å². The summed E-state index contributed by atoms with van der Waals surface area (Å²) >= 11 is 6.18. The maximum Gasteiger partial charge on any atom is 0.0704 e. The summed E-state index contributed by atoms with van der Waals surface area (Å²) in [6.45, 7) is 8.52. The van der Waals surface area contributed by atoms with Gasteiger partial charge in [-0.1, -0.05) is 13.8 Å². The van der Waals surface area contributed by atoms with Crippen molar-refractivity contribution in [2.75, 3.05) is 19.8 Å². The van der Waals surface area contributed by atoms with Crippen LogP contribution in [-0.2, 0) is 9.47 Å². The van der Waals surface area contributed by atoms with Gasteiger partial charge in [-0.3, -0.25) is 0 Å². The Kier molecular flexibility index (Phi) is 4.68. The highest BCUT2D eigenvalue weighted by Crippen LogP contribution is 2.48. The van der Waals surface area contributed by atoms with Crippen LogP contribution in [0.25, 0.3) is 0 Å². The second-order valence-corrected chi connectivity index (χ2v) is 4.65. The Hall–Kier alpha value is 0.210. The first-order valence-corrected chi connectivity index (χ1v) is 5.92. The zero-order valence-electron chi connectivity index (χ0n) is 9.38. The molecule has 0 aromatic rings. The van der Waals surface area contributed by atoms with E-state index in [4.69, 9.17) is 21.1 Å². The Morgan fingerprint density at radius 3 is 2.57 bits per heavy atom. The molecule has 1 aliphatic carbocycles. The molecule has 2 nitrogen and oxygen atoms in total. The van der Waals surface area contributed by atoms with Gasteiger partial charge in [0, 0.05) is 17.4 Å². The highest BCUT2D eigenvalue weighted by atomic mass is 35.5. The standard InChI is InChI=1S/C11H21ClO2/c1-4-11(3)9(12)8-10(11)14-7-6-13-5-2/h9-10H,4-8H2,1-3H3. The first kappa shape index (κ1) is 12.3. The molecule has 3 unspecified atom stereocenters. The third kappa shape index (κ3) is 2.41. The van der Waals surface area contributed by atoms with E-state index in [2.05, 4.69) is 13.8 Å². The molecule has 0 N–H and O–H groups in total. The van der Waals surface area contributed by atoms with Gasteiger partial charge in [0.15, 0.2) is 0 Å². The predicted octanol–water partition coefficient (Wildman–Crippen LogP) is 2.84. The van der Waals surface area contributed by atoms with Crippen LogP contribution < -0.4 is 0 Å². The van der Waals surface area contributed by atoms with E-state index in [-0.39, 0.29) is 10.8 Å². The van der Waals surface area contributed by atoms with E-state index in [0.29, 0.717) is 19.3 Å². The number of hydrogen-bond acceptors (Lipinski definition) is 2. The van der Waals surface area contributed by atoms with E-state index in [9.17, 15) is 0 Å². The zero-order chi connectivity index (χ0) is 10.6. The summed E-state index contributed by atoms with van der Waals surface area (Å²) in [5.41, 5.74) is 0.174. The van der Waals surface area contributed by atoms with Crippen LogP contribution in [0.4, 0.5) is 0 Å². The van der Waals surface area contributed by atoms with Crippen molar-refractivity contribution < 1.29 is 9.47 Å². The normalized spacial score (nSPS) is 36.9. The molecule has 1 aliphatic rings. The van der Waals surface area contributed by atoms with E-state index < -0.39 is 0 Å². The van der Waals surface area contributed by atoms with Gasteiger partial charge >= 0.3 is 0 Å². The lowest BCUT2D eigenvalue weighted by atomic mass is 9.65. The molecule has 84 valence electrons. The lowest BCUT2D eigenvalue weighted by Crippen LogP contribution is -2.53. The number of rotatable bonds is 6. The number of ether oxygens (including phenoxy) is 2. The second kappa shape index (κ2) is 5.34. The van der Waals surface area contributed by atoms with E-state index >= 15 is 0 Å². The minimum atomic E-state index is 0.174. The molecule has 0 bridgehead atoms. The Balaban J connectivity index is 2.20. The SMILES string of the molecule is CCOCCOC1CC(Cl)C1(C)CC. The molecule has 14 heavy (non-hydrogen) atoms. The zero-order valence-corrected chi connectivity index (χ0v) is 10.1. The third-order valence-electron chi connectivity index (χ3n) is 3.38. The molecule has 1 fully saturated rings. The van der Waals surface area contributed by atoms with Crippen molar-refractivity contribution in [2.45, 2.75) is 45.1 Å². The average molecular weight is 221 g/mol. The Bertz CT molecular complexity index is 175. The molecular weight excluding hydrogens is 200 g/mol. The number of alkyl halides is 1. The lowest BCUT2D eigenvalue weighted by Gasteiger charge is -2.50. The molecule has 3 atom stereocenters. The maximum atomic E-state index is 6.18. The van der Waals surface area contributed by atoms with Gasteiger partial charge in [-0.15, -0.1) is 11.6 Å².